The van der Waals surface area contributed by atoms with Crippen LogP contribution in [0.15, 0.2) is 29.3 Å². The van der Waals surface area contributed by atoms with Gasteiger partial charge in [-0.15, -0.1) is 24.0 Å². The summed E-state index contributed by atoms with van der Waals surface area (Å²) >= 11 is 5.96. The monoisotopic (exact) mass is 464 g/mol. The van der Waals surface area contributed by atoms with Crippen molar-refractivity contribution >= 4 is 47.4 Å². The van der Waals surface area contributed by atoms with Crippen molar-refractivity contribution < 1.29 is 4.79 Å². The van der Waals surface area contributed by atoms with E-state index in [1.54, 1.807) is 7.05 Å². The first-order valence-corrected chi connectivity index (χ1v) is 8.53. The number of carbonyl (C=O) groups is 1. The van der Waals surface area contributed by atoms with Gasteiger partial charge in [0.1, 0.15) is 0 Å². The minimum Gasteiger partial charge on any atom is -0.352 e. The van der Waals surface area contributed by atoms with Crippen molar-refractivity contribution in [3.8, 4) is 0 Å². The van der Waals surface area contributed by atoms with Gasteiger partial charge in [-0.25, -0.2) is 0 Å². The molecule has 0 spiro atoms. The van der Waals surface area contributed by atoms with Crippen molar-refractivity contribution in [3.63, 3.8) is 0 Å². The van der Waals surface area contributed by atoms with Crippen LogP contribution in [0.25, 0.3) is 0 Å². The summed E-state index contributed by atoms with van der Waals surface area (Å²) in [6.45, 7) is 0.830. The molecule has 0 unspecified atom stereocenters. The highest BCUT2D eigenvalue weighted by molar-refractivity contribution is 14.0. The maximum atomic E-state index is 12.0. The van der Waals surface area contributed by atoms with Crippen molar-refractivity contribution in [2.75, 3.05) is 13.6 Å². The van der Waals surface area contributed by atoms with E-state index in [-0.39, 0.29) is 36.4 Å². The lowest BCUT2D eigenvalue weighted by Gasteiger charge is -2.23. The predicted octanol–water partition coefficient (Wildman–Crippen LogP) is 3.07. The zero-order chi connectivity index (χ0) is 16.5. The lowest BCUT2D eigenvalue weighted by atomic mass is 9.95. The molecule has 3 N–H and O–H groups in total. The van der Waals surface area contributed by atoms with Crippen LogP contribution in [-0.2, 0) is 11.3 Å². The smallest absolute Gasteiger partial charge is 0.239 e. The van der Waals surface area contributed by atoms with E-state index in [1.165, 1.54) is 19.3 Å². The second-order valence-electron chi connectivity index (χ2n) is 5.81. The highest BCUT2D eigenvalue weighted by Crippen LogP contribution is 2.17. The van der Waals surface area contributed by atoms with Gasteiger partial charge in [-0.2, -0.15) is 0 Å². The van der Waals surface area contributed by atoms with Gasteiger partial charge in [0.15, 0.2) is 5.96 Å². The molecule has 5 nitrogen and oxygen atoms in total. The van der Waals surface area contributed by atoms with Crippen LogP contribution in [0.5, 0.6) is 0 Å². The Labute approximate surface area is 166 Å². The number of rotatable bonds is 5. The molecule has 7 heteroatoms. The Hall–Kier alpha value is -1.02. The Kier molecular flexibility index (Phi) is 10.1. The SMILES string of the molecule is CN=C(NCC(=O)NC1CCCCC1)NCc1cccc(Cl)c1.I. The normalized spacial score (nSPS) is 15.3. The molecule has 24 heavy (non-hydrogen) atoms. The van der Waals surface area contributed by atoms with E-state index >= 15 is 0 Å². The molecule has 0 radical (unpaired) electrons. The van der Waals surface area contributed by atoms with Crippen LogP contribution in [0.2, 0.25) is 5.02 Å². The van der Waals surface area contributed by atoms with Crippen LogP contribution in [-0.4, -0.2) is 31.5 Å². The van der Waals surface area contributed by atoms with Gasteiger partial charge in [0.25, 0.3) is 0 Å². The standard InChI is InChI=1S/C17H25ClN4O.HI/c1-19-17(20-11-13-6-5-7-14(18)10-13)21-12-16(23)22-15-8-3-2-4-9-15;/h5-7,10,15H,2-4,8-9,11-12H2,1H3,(H,22,23)(H2,19,20,21);1H. The Bertz CT molecular complexity index is 547. The summed E-state index contributed by atoms with van der Waals surface area (Å²) in [4.78, 5) is 16.1. The predicted molar refractivity (Wildman–Crippen MR) is 110 cm³/mol. The van der Waals surface area contributed by atoms with Gasteiger partial charge >= 0.3 is 0 Å². The molecular weight excluding hydrogens is 439 g/mol. The molecule has 0 aliphatic heterocycles. The Balaban J connectivity index is 0.00000288. The van der Waals surface area contributed by atoms with Crippen molar-refractivity contribution in [3.05, 3.63) is 34.9 Å². The topological polar surface area (TPSA) is 65.5 Å². The highest BCUT2D eigenvalue weighted by atomic mass is 127. The van der Waals surface area contributed by atoms with Crippen molar-refractivity contribution in [2.24, 2.45) is 4.99 Å². The van der Waals surface area contributed by atoms with E-state index in [0.717, 1.165) is 18.4 Å². The molecule has 1 aromatic carbocycles. The van der Waals surface area contributed by atoms with E-state index in [9.17, 15) is 4.79 Å². The van der Waals surface area contributed by atoms with Gasteiger partial charge in [-0.1, -0.05) is 43.0 Å². The Morgan fingerprint density at radius 3 is 2.67 bits per heavy atom. The molecule has 0 heterocycles. The molecular formula is C17H26ClIN4O. The zero-order valence-corrected chi connectivity index (χ0v) is 17.1. The third kappa shape index (κ3) is 7.70. The van der Waals surface area contributed by atoms with Gasteiger partial charge in [0, 0.05) is 24.7 Å². The molecule has 134 valence electrons. The van der Waals surface area contributed by atoms with E-state index < -0.39 is 0 Å². The number of benzene rings is 1. The fraction of sp³-hybridized carbons (Fsp3) is 0.529. The number of hydrogen-bond acceptors (Lipinski definition) is 2. The maximum absolute atomic E-state index is 12.0. The van der Waals surface area contributed by atoms with Gasteiger partial charge in [-0.05, 0) is 30.5 Å². The summed E-state index contributed by atoms with van der Waals surface area (Å²) in [5, 5.41) is 10.00. The molecule has 0 bridgehead atoms. The Morgan fingerprint density at radius 1 is 1.25 bits per heavy atom. The lowest BCUT2D eigenvalue weighted by molar-refractivity contribution is -0.120. The summed E-state index contributed by atoms with van der Waals surface area (Å²) in [5.41, 5.74) is 1.06. The molecule has 1 fully saturated rings. The second-order valence-corrected chi connectivity index (χ2v) is 6.25. The number of halogens is 2. The first-order chi connectivity index (χ1) is 11.2. The summed E-state index contributed by atoms with van der Waals surface area (Å²) in [6.07, 6.45) is 5.88. The number of aliphatic imine (C=N–C) groups is 1. The first-order valence-electron chi connectivity index (χ1n) is 8.15. The highest BCUT2D eigenvalue weighted by Gasteiger charge is 2.15. The fourth-order valence-electron chi connectivity index (χ4n) is 2.74. The molecule has 1 aromatic rings. The molecule has 1 amide bonds. The molecule has 1 aliphatic carbocycles. The minimum absolute atomic E-state index is 0. The fourth-order valence-corrected chi connectivity index (χ4v) is 2.96. The van der Waals surface area contributed by atoms with E-state index in [1.807, 2.05) is 24.3 Å². The van der Waals surface area contributed by atoms with Crippen molar-refractivity contribution in [1.29, 1.82) is 0 Å². The van der Waals surface area contributed by atoms with Crippen LogP contribution >= 0.6 is 35.6 Å². The van der Waals surface area contributed by atoms with Gasteiger partial charge in [-0.3, -0.25) is 9.79 Å². The lowest BCUT2D eigenvalue weighted by Crippen LogP contribution is -2.45. The summed E-state index contributed by atoms with van der Waals surface area (Å²) < 4.78 is 0. The van der Waals surface area contributed by atoms with Crippen LogP contribution in [0.4, 0.5) is 0 Å². The number of guanidine groups is 1. The van der Waals surface area contributed by atoms with Crippen LogP contribution < -0.4 is 16.0 Å². The zero-order valence-electron chi connectivity index (χ0n) is 14.0. The van der Waals surface area contributed by atoms with Gasteiger partial charge in [0.05, 0.1) is 6.54 Å². The van der Waals surface area contributed by atoms with Crippen molar-refractivity contribution in [1.82, 2.24) is 16.0 Å². The molecule has 0 aromatic heterocycles. The van der Waals surface area contributed by atoms with Crippen LogP contribution in [0, 0.1) is 0 Å². The molecule has 2 rings (SSSR count). The van der Waals surface area contributed by atoms with Crippen LogP contribution in [0.3, 0.4) is 0 Å². The number of hydrogen-bond donors (Lipinski definition) is 3. The molecule has 1 saturated carbocycles. The summed E-state index contributed by atoms with van der Waals surface area (Å²) in [7, 11) is 1.69. The summed E-state index contributed by atoms with van der Waals surface area (Å²) in [6, 6.07) is 7.97. The average Bonchev–Trinajstić information content (AvgIpc) is 2.56. The molecule has 0 saturated heterocycles. The largest absolute Gasteiger partial charge is 0.352 e. The number of amides is 1. The van der Waals surface area contributed by atoms with E-state index in [4.69, 9.17) is 11.6 Å². The average molecular weight is 465 g/mol. The maximum Gasteiger partial charge on any atom is 0.239 e. The second kappa shape index (κ2) is 11.5. The third-order valence-corrected chi connectivity index (χ3v) is 4.19. The van der Waals surface area contributed by atoms with Gasteiger partial charge < -0.3 is 16.0 Å². The number of nitrogens with one attached hydrogen (secondary N) is 3. The van der Waals surface area contributed by atoms with E-state index in [0.29, 0.717) is 23.6 Å². The van der Waals surface area contributed by atoms with E-state index in [2.05, 4.69) is 20.9 Å². The van der Waals surface area contributed by atoms with Crippen molar-refractivity contribution in [2.45, 2.75) is 44.7 Å². The third-order valence-electron chi connectivity index (χ3n) is 3.96. The minimum atomic E-state index is 0. The van der Waals surface area contributed by atoms with Crippen LogP contribution in [0.1, 0.15) is 37.7 Å². The number of carbonyl (C=O) groups excluding carboxylic acids is 1. The number of nitrogens with zero attached hydrogens (tertiary/aromatic N) is 1. The first kappa shape index (κ1) is 21.0. The molecule has 1 aliphatic rings. The van der Waals surface area contributed by atoms with Gasteiger partial charge in [0.2, 0.25) is 5.91 Å². The quantitative estimate of drug-likeness (QED) is 0.356. The summed E-state index contributed by atoms with van der Waals surface area (Å²) in [5.74, 6) is 0.617. The Morgan fingerprint density at radius 2 is 2.00 bits per heavy atom. The molecule has 0 atom stereocenters.